The first-order valence-corrected chi connectivity index (χ1v) is 5.68. The molecule has 18 heavy (non-hydrogen) atoms. The first kappa shape index (κ1) is 9.48. The minimum Gasteiger partial charge on any atom is -0.425 e. The SMILES string of the molecule is O=c1c2ccccc2oc2oc3ccccc3c12. The molecule has 3 heteroatoms. The van der Waals surface area contributed by atoms with E-state index in [1.165, 1.54) is 0 Å². The molecule has 0 bridgehead atoms. The Balaban J connectivity index is 2.39. The Morgan fingerprint density at radius 2 is 1.28 bits per heavy atom. The molecule has 0 saturated carbocycles. The van der Waals surface area contributed by atoms with Gasteiger partial charge in [0.05, 0.1) is 5.39 Å². The summed E-state index contributed by atoms with van der Waals surface area (Å²) in [4.78, 5) is 12.4. The van der Waals surface area contributed by atoms with Crippen LogP contribution in [0, 0.1) is 0 Å². The summed E-state index contributed by atoms with van der Waals surface area (Å²) in [5.41, 5.74) is 1.18. The highest BCUT2D eigenvalue weighted by Gasteiger charge is 2.14. The van der Waals surface area contributed by atoms with Crippen molar-refractivity contribution in [1.29, 1.82) is 0 Å². The predicted molar refractivity (Wildman–Crippen MR) is 69.8 cm³/mol. The largest absolute Gasteiger partial charge is 0.425 e. The number of para-hydroxylation sites is 2. The number of hydrogen-bond donors (Lipinski definition) is 0. The molecule has 2 aromatic carbocycles. The average Bonchev–Trinajstić information content (AvgIpc) is 2.77. The quantitative estimate of drug-likeness (QED) is 0.467. The lowest BCUT2D eigenvalue weighted by Crippen LogP contribution is -2.00. The molecule has 0 radical (unpaired) electrons. The molecule has 0 aliphatic heterocycles. The molecule has 0 spiro atoms. The van der Waals surface area contributed by atoms with Crippen molar-refractivity contribution >= 4 is 33.1 Å². The topological polar surface area (TPSA) is 43.4 Å². The highest BCUT2D eigenvalue weighted by molar-refractivity contribution is 6.05. The maximum Gasteiger partial charge on any atom is 0.302 e. The summed E-state index contributed by atoms with van der Waals surface area (Å²) < 4.78 is 11.2. The number of fused-ring (bicyclic) bond motifs is 4. The maximum absolute atomic E-state index is 12.4. The second-order valence-corrected chi connectivity index (χ2v) is 4.19. The summed E-state index contributed by atoms with van der Waals surface area (Å²) in [6, 6.07) is 14.6. The van der Waals surface area contributed by atoms with Gasteiger partial charge in [-0.2, -0.15) is 0 Å². The van der Waals surface area contributed by atoms with Crippen molar-refractivity contribution in [2.75, 3.05) is 0 Å². The van der Waals surface area contributed by atoms with E-state index >= 15 is 0 Å². The van der Waals surface area contributed by atoms with Gasteiger partial charge < -0.3 is 8.83 Å². The Kier molecular flexibility index (Phi) is 1.70. The van der Waals surface area contributed by atoms with Gasteiger partial charge in [0.2, 0.25) is 5.43 Å². The normalized spacial score (nSPS) is 11.6. The van der Waals surface area contributed by atoms with Crippen LogP contribution in [0.5, 0.6) is 0 Å². The van der Waals surface area contributed by atoms with E-state index in [1.807, 2.05) is 36.4 Å². The molecule has 0 atom stereocenters. The van der Waals surface area contributed by atoms with E-state index in [2.05, 4.69) is 0 Å². The standard InChI is InChI=1S/C15H8O3/c16-14-10-6-2-4-8-12(10)18-15-13(14)9-5-1-3-7-11(9)17-15/h1-8H. The summed E-state index contributed by atoms with van der Waals surface area (Å²) in [5.74, 6) is 0.292. The molecule has 0 fully saturated rings. The van der Waals surface area contributed by atoms with Crippen molar-refractivity contribution in [2.24, 2.45) is 0 Å². The molecule has 0 N–H and O–H groups in total. The fourth-order valence-corrected chi connectivity index (χ4v) is 2.29. The van der Waals surface area contributed by atoms with Gasteiger partial charge in [-0.1, -0.05) is 30.3 Å². The van der Waals surface area contributed by atoms with Crippen molar-refractivity contribution in [1.82, 2.24) is 0 Å². The molecule has 0 aliphatic carbocycles. The molecule has 0 aliphatic rings. The van der Waals surface area contributed by atoms with Gasteiger partial charge in [0.25, 0.3) is 0 Å². The third kappa shape index (κ3) is 1.10. The predicted octanol–water partition coefficient (Wildman–Crippen LogP) is 3.69. The van der Waals surface area contributed by atoms with Crippen LogP contribution in [0.2, 0.25) is 0 Å². The van der Waals surface area contributed by atoms with E-state index in [0.717, 1.165) is 5.39 Å². The van der Waals surface area contributed by atoms with E-state index in [1.54, 1.807) is 12.1 Å². The van der Waals surface area contributed by atoms with Crippen molar-refractivity contribution in [3.63, 3.8) is 0 Å². The summed E-state index contributed by atoms with van der Waals surface area (Å²) in [7, 11) is 0. The van der Waals surface area contributed by atoms with Gasteiger partial charge in [-0.05, 0) is 18.2 Å². The lowest BCUT2D eigenvalue weighted by Gasteiger charge is -1.95. The molecular weight excluding hydrogens is 228 g/mol. The van der Waals surface area contributed by atoms with Gasteiger partial charge in [0.15, 0.2) is 0 Å². The van der Waals surface area contributed by atoms with Crippen LogP contribution in [0.25, 0.3) is 33.1 Å². The van der Waals surface area contributed by atoms with Gasteiger partial charge in [-0.15, -0.1) is 0 Å². The van der Waals surface area contributed by atoms with Crippen LogP contribution in [-0.4, -0.2) is 0 Å². The van der Waals surface area contributed by atoms with Crippen LogP contribution in [-0.2, 0) is 0 Å². The van der Waals surface area contributed by atoms with Crippen molar-refractivity contribution in [3.05, 3.63) is 58.8 Å². The van der Waals surface area contributed by atoms with E-state index in [-0.39, 0.29) is 5.43 Å². The average molecular weight is 236 g/mol. The monoisotopic (exact) mass is 236 g/mol. The molecule has 0 saturated heterocycles. The molecule has 86 valence electrons. The molecule has 0 amide bonds. The zero-order chi connectivity index (χ0) is 12.1. The van der Waals surface area contributed by atoms with Crippen molar-refractivity contribution < 1.29 is 8.83 Å². The third-order valence-electron chi connectivity index (χ3n) is 3.12. The van der Waals surface area contributed by atoms with Crippen LogP contribution < -0.4 is 5.43 Å². The summed E-state index contributed by atoms with van der Waals surface area (Å²) in [6.07, 6.45) is 0. The molecule has 0 unspecified atom stereocenters. The first-order valence-electron chi connectivity index (χ1n) is 5.68. The fourth-order valence-electron chi connectivity index (χ4n) is 2.29. The second-order valence-electron chi connectivity index (χ2n) is 4.19. The van der Waals surface area contributed by atoms with Crippen molar-refractivity contribution in [3.8, 4) is 0 Å². The Labute approximate surface area is 101 Å². The maximum atomic E-state index is 12.4. The second kappa shape index (κ2) is 3.23. The Bertz CT molecular complexity index is 944. The van der Waals surface area contributed by atoms with Gasteiger partial charge in [-0.25, -0.2) is 0 Å². The molecule has 2 heterocycles. The molecular formula is C15H8O3. The summed E-state index contributed by atoms with van der Waals surface area (Å²) >= 11 is 0. The van der Waals surface area contributed by atoms with E-state index < -0.39 is 0 Å². The minimum atomic E-state index is -0.0446. The van der Waals surface area contributed by atoms with Crippen LogP contribution in [0.3, 0.4) is 0 Å². The summed E-state index contributed by atoms with van der Waals surface area (Å²) in [5, 5.41) is 1.90. The number of benzene rings is 2. The number of furan rings is 1. The van der Waals surface area contributed by atoms with Gasteiger partial charge in [0.1, 0.15) is 16.6 Å². The fraction of sp³-hybridized carbons (Fsp3) is 0. The lowest BCUT2D eigenvalue weighted by molar-refractivity contribution is 0.519. The van der Waals surface area contributed by atoms with Gasteiger partial charge >= 0.3 is 5.78 Å². The first-order chi connectivity index (χ1) is 8.84. The number of hydrogen-bond acceptors (Lipinski definition) is 3. The van der Waals surface area contributed by atoms with Crippen molar-refractivity contribution in [2.45, 2.75) is 0 Å². The highest BCUT2D eigenvalue weighted by Crippen LogP contribution is 2.28. The Morgan fingerprint density at radius 1 is 0.722 bits per heavy atom. The van der Waals surface area contributed by atoms with E-state index in [0.29, 0.717) is 27.7 Å². The van der Waals surface area contributed by atoms with Crippen LogP contribution >= 0.6 is 0 Å². The molecule has 4 aromatic rings. The van der Waals surface area contributed by atoms with E-state index in [4.69, 9.17) is 8.83 Å². The van der Waals surface area contributed by atoms with Crippen LogP contribution in [0.4, 0.5) is 0 Å². The van der Waals surface area contributed by atoms with Gasteiger partial charge in [0, 0.05) is 5.39 Å². The number of rotatable bonds is 0. The molecule has 2 aromatic heterocycles. The third-order valence-corrected chi connectivity index (χ3v) is 3.12. The minimum absolute atomic E-state index is 0.0446. The summed E-state index contributed by atoms with van der Waals surface area (Å²) in [6.45, 7) is 0. The highest BCUT2D eigenvalue weighted by atomic mass is 16.5. The Morgan fingerprint density at radius 3 is 2.00 bits per heavy atom. The Hall–Kier alpha value is -2.55. The smallest absolute Gasteiger partial charge is 0.302 e. The molecule has 4 rings (SSSR count). The van der Waals surface area contributed by atoms with E-state index in [9.17, 15) is 4.79 Å². The van der Waals surface area contributed by atoms with Crippen LogP contribution in [0.15, 0.2) is 62.2 Å². The van der Waals surface area contributed by atoms with Crippen LogP contribution in [0.1, 0.15) is 0 Å². The van der Waals surface area contributed by atoms with Gasteiger partial charge in [-0.3, -0.25) is 4.79 Å². The zero-order valence-corrected chi connectivity index (χ0v) is 9.34. The lowest BCUT2D eigenvalue weighted by atomic mass is 10.1. The molecule has 3 nitrogen and oxygen atoms in total. The zero-order valence-electron chi connectivity index (χ0n) is 9.34.